The average molecular weight is 330 g/mol. The maximum absolute atomic E-state index is 13.8. The van der Waals surface area contributed by atoms with E-state index in [1.165, 1.54) is 18.9 Å². The van der Waals surface area contributed by atoms with Gasteiger partial charge < -0.3 is 9.47 Å². The van der Waals surface area contributed by atoms with Crippen molar-refractivity contribution in [1.29, 1.82) is 0 Å². The van der Waals surface area contributed by atoms with E-state index in [1.54, 1.807) is 6.07 Å². The number of rotatable bonds is 4. The van der Waals surface area contributed by atoms with Crippen molar-refractivity contribution in [1.82, 2.24) is 14.5 Å². The zero-order chi connectivity index (χ0) is 15.0. The number of alkyl halides is 1. The lowest BCUT2D eigenvalue weighted by Gasteiger charge is -2.17. The molecule has 1 atom stereocenters. The first-order valence-corrected chi connectivity index (χ1v) is 8.09. The molecule has 1 fully saturated rings. The van der Waals surface area contributed by atoms with Crippen LogP contribution in [-0.2, 0) is 6.54 Å². The monoisotopic (exact) mass is 329 g/mol. The van der Waals surface area contributed by atoms with Gasteiger partial charge in [0.25, 0.3) is 0 Å². The van der Waals surface area contributed by atoms with Crippen molar-refractivity contribution >= 4 is 34.2 Å². The van der Waals surface area contributed by atoms with Crippen molar-refractivity contribution < 1.29 is 4.39 Å². The molecule has 2 aromatic rings. The van der Waals surface area contributed by atoms with Crippen molar-refractivity contribution in [2.24, 2.45) is 0 Å². The van der Waals surface area contributed by atoms with Crippen molar-refractivity contribution in [3.8, 4) is 0 Å². The number of aromatic nitrogens is 2. The number of likely N-dealkylation sites (tertiary alicyclic amines) is 1. The molecule has 1 aromatic carbocycles. The summed E-state index contributed by atoms with van der Waals surface area (Å²) >= 11 is 12.1. The summed E-state index contributed by atoms with van der Waals surface area (Å²) in [6.07, 6.45) is 2.52. The highest BCUT2D eigenvalue weighted by Gasteiger charge is 2.18. The number of halogens is 3. The van der Waals surface area contributed by atoms with Crippen LogP contribution in [0.5, 0.6) is 0 Å². The molecule has 0 bridgehead atoms. The smallest absolute Gasteiger partial charge is 0.144 e. The summed E-state index contributed by atoms with van der Waals surface area (Å²) in [7, 11) is 0. The van der Waals surface area contributed by atoms with E-state index >= 15 is 0 Å². The van der Waals surface area contributed by atoms with E-state index in [2.05, 4.69) is 9.88 Å². The highest BCUT2D eigenvalue weighted by Crippen LogP contribution is 2.28. The molecule has 1 aliphatic heterocycles. The van der Waals surface area contributed by atoms with Crippen molar-refractivity contribution in [2.75, 3.05) is 19.6 Å². The van der Waals surface area contributed by atoms with Gasteiger partial charge in [-0.25, -0.2) is 9.37 Å². The maximum atomic E-state index is 13.8. The fraction of sp³-hybridized carbons (Fsp3) is 0.533. The number of hydrogen-bond acceptors (Lipinski definition) is 2. The Bertz CT molecular complexity index is 648. The van der Waals surface area contributed by atoms with E-state index in [-0.39, 0.29) is 10.4 Å². The molecule has 3 rings (SSSR count). The Morgan fingerprint density at radius 2 is 2.00 bits per heavy atom. The Balaban J connectivity index is 1.96. The minimum Gasteiger partial charge on any atom is -0.325 e. The number of benzene rings is 1. The average Bonchev–Trinajstić information content (AvgIpc) is 3.05. The lowest BCUT2D eigenvalue weighted by atomic mass is 10.3. The Hall–Kier alpha value is -0.840. The van der Waals surface area contributed by atoms with Gasteiger partial charge in [0.1, 0.15) is 11.6 Å². The second kappa shape index (κ2) is 6.11. The highest BCUT2D eigenvalue weighted by molar-refractivity contribution is 6.31. The quantitative estimate of drug-likeness (QED) is 0.783. The lowest BCUT2D eigenvalue weighted by Crippen LogP contribution is -2.24. The van der Waals surface area contributed by atoms with Crippen LogP contribution < -0.4 is 0 Å². The molecule has 6 heteroatoms. The van der Waals surface area contributed by atoms with Crippen LogP contribution in [0, 0.1) is 5.82 Å². The predicted octanol–water partition coefficient (Wildman–Crippen LogP) is 4.22. The molecule has 0 amide bonds. The number of hydrogen-bond donors (Lipinski definition) is 0. The van der Waals surface area contributed by atoms with Gasteiger partial charge in [-0.3, -0.25) is 0 Å². The van der Waals surface area contributed by atoms with Gasteiger partial charge in [-0.15, -0.1) is 11.6 Å². The van der Waals surface area contributed by atoms with Crippen LogP contribution in [0.15, 0.2) is 12.1 Å². The molecule has 1 unspecified atom stereocenters. The molecule has 0 saturated carbocycles. The first-order chi connectivity index (χ1) is 10.1. The minimum atomic E-state index is -0.416. The number of imidazole rings is 1. The van der Waals surface area contributed by atoms with E-state index in [9.17, 15) is 4.39 Å². The molecule has 0 spiro atoms. The van der Waals surface area contributed by atoms with Crippen LogP contribution in [-0.4, -0.2) is 34.1 Å². The summed E-state index contributed by atoms with van der Waals surface area (Å²) < 4.78 is 15.8. The summed E-state index contributed by atoms with van der Waals surface area (Å²) in [5.41, 5.74) is 1.46. The molecule has 114 valence electrons. The molecule has 0 radical (unpaired) electrons. The van der Waals surface area contributed by atoms with E-state index in [0.717, 1.165) is 37.5 Å². The molecule has 1 aromatic heterocycles. The van der Waals surface area contributed by atoms with E-state index in [4.69, 9.17) is 23.2 Å². The van der Waals surface area contributed by atoms with Crippen LogP contribution >= 0.6 is 23.2 Å². The first kappa shape index (κ1) is 15.1. The molecule has 2 heterocycles. The van der Waals surface area contributed by atoms with Crippen LogP contribution in [0.3, 0.4) is 0 Å². The summed E-state index contributed by atoms with van der Waals surface area (Å²) in [6, 6.07) is 3.03. The topological polar surface area (TPSA) is 21.1 Å². The largest absolute Gasteiger partial charge is 0.325 e. The normalized spacial score (nSPS) is 17.7. The maximum Gasteiger partial charge on any atom is 0.144 e. The second-order valence-electron chi connectivity index (χ2n) is 5.54. The lowest BCUT2D eigenvalue weighted by molar-refractivity contribution is 0.322. The highest BCUT2D eigenvalue weighted by atomic mass is 35.5. The Morgan fingerprint density at radius 1 is 1.29 bits per heavy atom. The van der Waals surface area contributed by atoms with E-state index in [0.29, 0.717) is 5.52 Å². The van der Waals surface area contributed by atoms with Crippen molar-refractivity contribution in [2.45, 2.75) is 31.7 Å². The Kier molecular flexibility index (Phi) is 4.38. The molecule has 1 aliphatic rings. The molecule has 3 nitrogen and oxygen atoms in total. The third-order valence-corrected chi connectivity index (χ3v) is 4.50. The summed E-state index contributed by atoms with van der Waals surface area (Å²) in [4.78, 5) is 6.94. The zero-order valence-electron chi connectivity index (χ0n) is 12.0. The van der Waals surface area contributed by atoms with Crippen LogP contribution in [0.1, 0.15) is 31.0 Å². The molecular weight excluding hydrogens is 312 g/mol. The van der Waals surface area contributed by atoms with E-state index in [1.807, 2.05) is 11.5 Å². The van der Waals surface area contributed by atoms with Crippen molar-refractivity contribution in [3.63, 3.8) is 0 Å². The third kappa shape index (κ3) is 3.03. The number of fused-ring (bicyclic) bond motifs is 1. The predicted molar refractivity (Wildman–Crippen MR) is 84.6 cm³/mol. The minimum absolute atomic E-state index is 0.0977. The third-order valence-electron chi connectivity index (χ3n) is 4.01. The van der Waals surface area contributed by atoms with Gasteiger partial charge in [-0.1, -0.05) is 11.6 Å². The van der Waals surface area contributed by atoms with Gasteiger partial charge in [-0.2, -0.15) is 0 Å². The molecule has 0 N–H and O–H groups in total. The van der Waals surface area contributed by atoms with E-state index < -0.39 is 5.82 Å². The first-order valence-electron chi connectivity index (χ1n) is 7.28. The summed E-state index contributed by atoms with van der Waals surface area (Å²) in [5, 5.41) is -0.127. The second-order valence-corrected chi connectivity index (χ2v) is 6.60. The molecule has 21 heavy (non-hydrogen) atoms. The van der Waals surface area contributed by atoms with Gasteiger partial charge >= 0.3 is 0 Å². The fourth-order valence-electron chi connectivity index (χ4n) is 2.93. The van der Waals surface area contributed by atoms with Crippen LogP contribution in [0.25, 0.3) is 11.0 Å². The zero-order valence-corrected chi connectivity index (χ0v) is 13.5. The standard InChI is InChI=1S/C15H18Cl2FN3/c1-10(16)15-19-13-8-11(17)12(18)9-14(13)21(15)7-6-20-4-2-3-5-20/h8-10H,2-7H2,1H3. The molecule has 1 saturated heterocycles. The fourth-order valence-corrected chi connectivity index (χ4v) is 3.25. The molecule has 0 aliphatic carbocycles. The van der Waals surface area contributed by atoms with Crippen LogP contribution in [0.2, 0.25) is 5.02 Å². The Labute approximate surface area is 133 Å². The van der Waals surface area contributed by atoms with Crippen LogP contribution in [0.4, 0.5) is 4.39 Å². The van der Waals surface area contributed by atoms with Gasteiger partial charge in [0.05, 0.1) is 21.4 Å². The Morgan fingerprint density at radius 3 is 2.67 bits per heavy atom. The van der Waals surface area contributed by atoms with Crippen molar-refractivity contribution in [3.05, 3.63) is 28.8 Å². The number of nitrogens with zero attached hydrogens (tertiary/aromatic N) is 3. The van der Waals surface area contributed by atoms with Gasteiger partial charge in [-0.05, 0) is 38.9 Å². The SMILES string of the molecule is CC(Cl)c1nc2cc(Cl)c(F)cc2n1CCN1CCCC1. The molecular formula is C15H18Cl2FN3. The summed E-state index contributed by atoms with van der Waals surface area (Å²) in [5.74, 6) is 0.354. The van der Waals surface area contributed by atoms with Gasteiger partial charge in [0, 0.05) is 19.2 Å². The van der Waals surface area contributed by atoms with Gasteiger partial charge in [0.2, 0.25) is 0 Å². The summed E-state index contributed by atoms with van der Waals surface area (Å²) in [6.45, 7) is 5.86. The van der Waals surface area contributed by atoms with Gasteiger partial charge in [0.15, 0.2) is 0 Å².